The van der Waals surface area contributed by atoms with Crippen LogP contribution in [0.5, 0.6) is 5.75 Å². The van der Waals surface area contributed by atoms with Gasteiger partial charge in [0.25, 0.3) is 0 Å². The second kappa shape index (κ2) is 10.4. The van der Waals surface area contributed by atoms with Crippen LogP contribution in [0, 0.1) is 0 Å². The maximum absolute atomic E-state index is 5.77. The van der Waals surface area contributed by atoms with Crippen LogP contribution >= 0.6 is 0 Å². The lowest BCUT2D eigenvalue weighted by atomic mass is 9.84. The van der Waals surface area contributed by atoms with Gasteiger partial charge in [0.05, 0.1) is 7.11 Å². The lowest BCUT2D eigenvalue weighted by Gasteiger charge is -2.21. The highest BCUT2D eigenvalue weighted by molar-refractivity contribution is 5.84. The van der Waals surface area contributed by atoms with Crippen molar-refractivity contribution in [2.24, 2.45) is 0 Å². The summed E-state index contributed by atoms with van der Waals surface area (Å²) in [6.07, 6.45) is 8.50. The Labute approximate surface area is 190 Å². The van der Waals surface area contributed by atoms with Crippen LogP contribution in [-0.2, 0) is 6.42 Å². The van der Waals surface area contributed by atoms with Gasteiger partial charge in [0, 0.05) is 23.9 Å². The third kappa shape index (κ3) is 4.87. The van der Waals surface area contributed by atoms with Crippen LogP contribution in [0.2, 0.25) is 0 Å². The molecular formula is C30H27NO. The summed E-state index contributed by atoms with van der Waals surface area (Å²) >= 11 is 0. The Morgan fingerprint density at radius 1 is 0.875 bits per heavy atom. The van der Waals surface area contributed by atoms with Gasteiger partial charge in [-0.25, -0.2) is 0 Å². The van der Waals surface area contributed by atoms with Crippen molar-refractivity contribution < 1.29 is 4.74 Å². The van der Waals surface area contributed by atoms with Crippen molar-refractivity contribution >= 4 is 5.57 Å². The fraction of sp³-hybridized carbons (Fsp3) is 0.100. The number of pyridine rings is 1. The van der Waals surface area contributed by atoms with E-state index in [0.717, 1.165) is 28.9 Å². The first kappa shape index (κ1) is 21.3. The Morgan fingerprint density at radius 3 is 2.22 bits per heavy atom. The molecule has 2 nitrogen and oxygen atoms in total. The number of allylic oxidation sites excluding steroid dienone is 2. The summed E-state index contributed by atoms with van der Waals surface area (Å²) in [7, 11) is 1.72. The smallest absolute Gasteiger partial charge is 0.126 e. The van der Waals surface area contributed by atoms with E-state index in [1.165, 1.54) is 16.7 Å². The first-order chi connectivity index (χ1) is 15.8. The molecule has 0 radical (unpaired) electrons. The zero-order chi connectivity index (χ0) is 22.2. The number of nitrogens with zero attached hydrogens (tertiary/aromatic N) is 1. The van der Waals surface area contributed by atoms with Crippen LogP contribution in [0.3, 0.4) is 0 Å². The minimum atomic E-state index is 0.212. The van der Waals surface area contributed by atoms with Crippen molar-refractivity contribution in [1.82, 2.24) is 4.98 Å². The van der Waals surface area contributed by atoms with E-state index in [4.69, 9.17) is 4.74 Å². The summed E-state index contributed by atoms with van der Waals surface area (Å²) in [6.45, 7) is 3.94. The standard InChI is InChI=1S/C30H27NO/c1-3-10-27(24-11-6-4-7-12-24)29-22-26(15-16-30(29)32-2)28(25-13-8-5-9-14-25)21-23-17-19-31-20-18-23/h3-20,22,28H,1,21H2,2H3/b27-10+. The van der Waals surface area contributed by atoms with Crippen molar-refractivity contribution in [1.29, 1.82) is 0 Å². The van der Waals surface area contributed by atoms with Crippen LogP contribution in [-0.4, -0.2) is 12.1 Å². The van der Waals surface area contributed by atoms with Gasteiger partial charge in [-0.15, -0.1) is 0 Å². The van der Waals surface area contributed by atoms with Gasteiger partial charge in [-0.05, 0) is 58.5 Å². The van der Waals surface area contributed by atoms with Crippen LogP contribution in [0.25, 0.3) is 5.57 Å². The minimum Gasteiger partial charge on any atom is -0.496 e. The van der Waals surface area contributed by atoms with Crippen molar-refractivity contribution in [2.75, 3.05) is 7.11 Å². The summed E-state index contributed by atoms with van der Waals surface area (Å²) < 4.78 is 5.77. The van der Waals surface area contributed by atoms with E-state index in [1.54, 1.807) is 7.11 Å². The van der Waals surface area contributed by atoms with E-state index in [-0.39, 0.29) is 5.92 Å². The largest absolute Gasteiger partial charge is 0.496 e. The number of ether oxygens (including phenoxy) is 1. The molecule has 0 aliphatic rings. The molecule has 32 heavy (non-hydrogen) atoms. The highest BCUT2D eigenvalue weighted by Gasteiger charge is 2.19. The zero-order valence-corrected chi connectivity index (χ0v) is 18.3. The van der Waals surface area contributed by atoms with Gasteiger partial charge < -0.3 is 4.74 Å². The number of methoxy groups -OCH3 is 1. The van der Waals surface area contributed by atoms with E-state index < -0.39 is 0 Å². The lowest BCUT2D eigenvalue weighted by molar-refractivity contribution is 0.413. The molecule has 0 aliphatic carbocycles. The maximum Gasteiger partial charge on any atom is 0.126 e. The Hall–Kier alpha value is -3.91. The van der Waals surface area contributed by atoms with Gasteiger partial charge >= 0.3 is 0 Å². The van der Waals surface area contributed by atoms with Gasteiger partial charge in [0.1, 0.15) is 5.75 Å². The molecule has 2 heteroatoms. The summed E-state index contributed by atoms with van der Waals surface area (Å²) in [6, 6.07) is 31.7. The fourth-order valence-electron chi connectivity index (χ4n) is 4.10. The van der Waals surface area contributed by atoms with Crippen LogP contribution in [0.1, 0.15) is 33.7 Å². The highest BCUT2D eigenvalue weighted by Crippen LogP contribution is 2.36. The van der Waals surface area contributed by atoms with E-state index in [2.05, 4.69) is 103 Å². The Kier molecular flexibility index (Phi) is 6.94. The molecule has 1 atom stereocenters. The predicted octanol–water partition coefficient (Wildman–Crippen LogP) is 7.08. The lowest BCUT2D eigenvalue weighted by Crippen LogP contribution is -2.06. The Morgan fingerprint density at radius 2 is 1.56 bits per heavy atom. The number of benzene rings is 3. The maximum atomic E-state index is 5.77. The number of rotatable bonds is 8. The van der Waals surface area contributed by atoms with Crippen LogP contribution < -0.4 is 4.74 Å². The average Bonchev–Trinajstić information content (AvgIpc) is 2.87. The van der Waals surface area contributed by atoms with Crippen LogP contribution in [0.15, 0.2) is 122 Å². The molecule has 1 unspecified atom stereocenters. The van der Waals surface area contributed by atoms with Gasteiger partial charge in [-0.1, -0.05) is 85.5 Å². The molecule has 3 aromatic carbocycles. The van der Waals surface area contributed by atoms with Gasteiger partial charge in [-0.2, -0.15) is 0 Å². The summed E-state index contributed by atoms with van der Waals surface area (Å²) in [4.78, 5) is 4.18. The zero-order valence-electron chi connectivity index (χ0n) is 18.3. The summed E-state index contributed by atoms with van der Waals surface area (Å²) in [5, 5.41) is 0. The molecule has 0 amide bonds. The Balaban J connectivity index is 1.84. The van der Waals surface area contributed by atoms with Crippen molar-refractivity contribution in [2.45, 2.75) is 12.3 Å². The topological polar surface area (TPSA) is 22.1 Å². The quantitative estimate of drug-likeness (QED) is 0.286. The van der Waals surface area contributed by atoms with E-state index in [1.807, 2.05) is 24.5 Å². The van der Waals surface area contributed by atoms with Crippen LogP contribution in [0.4, 0.5) is 0 Å². The molecule has 0 bridgehead atoms. The van der Waals surface area contributed by atoms with Gasteiger partial charge in [-0.3, -0.25) is 4.98 Å². The Bertz CT molecular complexity index is 1180. The first-order valence-electron chi connectivity index (χ1n) is 10.8. The average molecular weight is 418 g/mol. The SMILES string of the molecule is C=C/C=C(\c1ccccc1)c1cc(C(Cc2ccncc2)c2ccccc2)ccc1OC. The molecular weight excluding hydrogens is 390 g/mol. The molecule has 0 spiro atoms. The van der Waals surface area contributed by atoms with E-state index in [0.29, 0.717) is 0 Å². The molecule has 4 aromatic rings. The molecule has 1 aromatic heterocycles. The van der Waals surface area contributed by atoms with Crippen molar-refractivity contribution in [3.63, 3.8) is 0 Å². The van der Waals surface area contributed by atoms with E-state index >= 15 is 0 Å². The summed E-state index contributed by atoms with van der Waals surface area (Å²) in [5.41, 5.74) is 7.08. The van der Waals surface area contributed by atoms with Gasteiger partial charge in [0.15, 0.2) is 0 Å². The molecule has 0 fully saturated rings. The third-order valence-electron chi connectivity index (χ3n) is 5.68. The van der Waals surface area contributed by atoms with Crippen molar-refractivity contribution in [3.8, 4) is 5.75 Å². The monoisotopic (exact) mass is 417 g/mol. The molecule has 0 saturated heterocycles. The second-order valence-electron chi connectivity index (χ2n) is 7.66. The molecule has 1 heterocycles. The minimum absolute atomic E-state index is 0.212. The molecule has 0 saturated carbocycles. The normalized spacial score (nSPS) is 12.2. The third-order valence-corrected chi connectivity index (χ3v) is 5.68. The molecule has 0 aliphatic heterocycles. The first-order valence-corrected chi connectivity index (χ1v) is 10.8. The fourth-order valence-corrected chi connectivity index (χ4v) is 4.10. The number of hydrogen-bond donors (Lipinski definition) is 0. The molecule has 158 valence electrons. The van der Waals surface area contributed by atoms with E-state index in [9.17, 15) is 0 Å². The highest BCUT2D eigenvalue weighted by atomic mass is 16.5. The van der Waals surface area contributed by atoms with Crippen molar-refractivity contribution in [3.05, 3.63) is 150 Å². The molecule has 0 N–H and O–H groups in total. The second-order valence-corrected chi connectivity index (χ2v) is 7.66. The summed E-state index contributed by atoms with van der Waals surface area (Å²) in [5.74, 6) is 1.06. The van der Waals surface area contributed by atoms with Gasteiger partial charge in [0.2, 0.25) is 0 Å². The number of aromatic nitrogens is 1. The number of hydrogen-bond acceptors (Lipinski definition) is 2. The predicted molar refractivity (Wildman–Crippen MR) is 133 cm³/mol. The molecule has 4 rings (SSSR count).